The summed E-state index contributed by atoms with van der Waals surface area (Å²) in [4.78, 5) is 11.7. The first kappa shape index (κ1) is 13.7. The van der Waals surface area contributed by atoms with Gasteiger partial charge in [-0.25, -0.2) is 0 Å². The second kappa shape index (κ2) is 6.45. The van der Waals surface area contributed by atoms with Crippen molar-refractivity contribution < 1.29 is 9.53 Å². The fourth-order valence-corrected chi connectivity index (χ4v) is 2.25. The molecular weight excluding hydrogens is 240 g/mol. The molecule has 0 bridgehead atoms. The Hall–Kier alpha value is -1.71. The smallest absolute Gasteiger partial charge is 0.223 e. The topological polar surface area (TPSA) is 64.3 Å². The number of anilines is 1. The number of rotatable bonds is 6. The molecule has 2 rings (SSSR count). The van der Waals surface area contributed by atoms with E-state index in [0.29, 0.717) is 30.4 Å². The highest BCUT2D eigenvalue weighted by Gasteiger charge is 2.24. The summed E-state index contributed by atoms with van der Waals surface area (Å²) >= 11 is 0. The van der Waals surface area contributed by atoms with Crippen LogP contribution in [-0.2, 0) is 4.79 Å². The Morgan fingerprint density at radius 2 is 2.32 bits per heavy atom. The van der Waals surface area contributed by atoms with Crippen LogP contribution in [0.25, 0.3) is 0 Å². The van der Waals surface area contributed by atoms with E-state index < -0.39 is 0 Å². The number of carbonyl (C=O) groups excluding carboxylic acids is 1. The fourth-order valence-electron chi connectivity index (χ4n) is 2.25. The van der Waals surface area contributed by atoms with Crippen molar-refractivity contribution in [2.45, 2.75) is 38.6 Å². The van der Waals surface area contributed by atoms with Crippen molar-refractivity contribution in [3.8, 4) is 5.75 Å². The third kappa shape index (κ3) is 4.16. The first-order valence-electron chi connectivity index (χ1n) is 6.93. The van der Waals surface area contributed by atoms with E-state index in [2.05, 4.69) is 12.2 Å². The van der Waals surface area contributed by atoms with Gasteiger partial charge in [0, 0.05) is 17.8 Å². The summed E-state index contributed by atoms with van der Waals surface area (Å²) in [6, 6.07) is 7.53. The molecule has 0 aliphatic heterocycles. The first-order chi connectivity index (χ1) is 9.15. The highest BCUT2D eigenvalue weighted by Crippen LogP contribution is 2.29. The van der Waals surface area contributed by atoms with Gasteiger partial charge in [0.1, 0.15) is 5.75 Å². The molecule has 0 heterocycles. The largest absolute Gasteiger partial charge is 0.493 e. The summed E-state index contributed by atoms with van der Waals surface area (Å²) in [7, 11) is 0. The van der Waals surface area contributed by atoms with Gasteiger partial charge in [-0.3, -0.25) is 4.79 Å². The lowest BCUT2D eigenvalue weighted by molar-refractivity contribution is -0.122. The van der Waals surface area contributed by atoms with Gasteiger partial charge in [-0.15, -0.1) is 0 Å². The Labute approximate surface area is 114 Å². The van der Waals surface area contributed by atoms with E-state index in [1.807, 2.05) is 12.1 Å². The van der Waals surface area contributed by atoms with Crippen molar-refractivity contribution in [3.05, 3.63) is 24.3 Å². The van der Waals surface area contributed by atoms with Gasteiger partial charge in [-0.1, -0.05) is 12.5 Å². The minimum absolute atomic E-state index is 0.0586. The molecule has 0 aromatic heterocycles. The second-order valence-electron chi connectivity index (χ2n) is 5.22. The van der Waals surface area contributed by atoms with Crippen LogP contribution in [0.15, 0.2) is 24.3 Å². The molecule has 0 saturated heterocycles. The summed E-state index contributed by atoms with van der Waals surface area (Å²) < 4.78 is 5.50. The molecule has 0 radical (unpaired) electrons. The van der Waals surface area contributed by atoms with E-state index in [-0.39, 0.29) is 11.9 Å². The van der Waals surface area contributed by atoms with Crippen molar-refractivity contribution in [3.63, 3.8) is 0 Å². The number of carbonyl (C=O) groups is 1. The molecule has 1 aliphatic rings. The molecule has 0 spiro atoms. The molecule has 4 nitrogen and oxygen atoms in total. The van der Waals surface area contributed by atoms with Crippen LogP contribution in [-0.4, -0.2) is 18.6 Å². The summed E-state index contributed by atoms with van der Waals surface area (Å²) in [6.45, 7) is 2.47. The molecule has 1 amide bonds. The van der Waals surface area contributed by atoms with E-state index in [0.717, 1.165) is 0 Å². The zero-order valence-corrected chi connectivity index (χ0v) is 11.4. The highest BCUT2D eigenvalue weighted by molar-refractivity contribution is 5.76. The molecule has 1 unspecified atom stereocenters. The number of hydrogen-bond acceptors (Lipinski definition) is 3. The zero-order valence-electron chi connectivity index (χ0n) is 11.4. The minimum atomic E-state index is 0.0586. The standard InChI is InChI=1S/C15H22N2O2/c1-11(12-4-2-5-12)17-15(18)8-9-19-14-7-3-6-13(16)10-14/h3,6-7,10-12H,2,4-5,8-9,16H2,1H3,(H,17,18). The number of benzene rings is 1. The lowest BCUT2D eigenvalue weighted by Crippen LogP contribution is -2.41. The van der Waals surface area contributed by atoms with Gasteiger partial charge in [-0.2, -0.15) is 0 Å². The number of ether oxygens (including phenoxy) is 1. The van der Waals surface area contributed by atoms with E-state index >= 15 is 0 Å². The van der Waals surface area contributed by atoms with Crippen molar-refractivity contribution in [1.29, 1.82) is 0 Å². The van der Waals surface area contributed by atoms with Gasteiger partial charge in [0.2, 0.25) is 5.91 Å². The van der Waals surface area contributed by atoms with Crippen LogP contribution in [0.1, 0.15) is 32.6 Å². The average molecular weight is 262 g/mol. The van der Waals surface area contributed by atoms with Crippen molar-refractivity contribution in [2.24, 2.45) is 5.92 Å². The quantitative estimate of drug-likeness (QED) is 0.773. The monoisotopic (exact) mass is 262 g/mol. The SMILES string of the molecule is CC(NC(=O)CCOc1cccc(N)c1)C1CCC1. The number of hydrogen-bond donors (Lipinski definition) is 2. The van der Waals surface area contributed by atoms with Crippen LogP contribution in [0.2, 0.25) is 0 Å². The molecule has 19 heavy (non-hydrogen) atoms. The highest BCUT2D eigenvalue weighted by atomic mass is 16.5. The summed E-state index contributed by atoms with van der Waals surface area (Å²) in [5.41, 5.74) is 6.32. The van der Waals surface area contributed by atoms with Crippen molar-refractivity contribution in [2.75, 3.05) is 12.3 Å². The summed E-state index contributed by atoms with van der Waals surface area (Å²) in [5.74, 6) is 1.43. The molecule has 104 valence electrons. The number of nitrogens with two attached hydrogens (primary N) is 1. The van der Waals surface area contributed by atoms with Crippen LogP contribution in [0, 0.1) is 5.92 Å². The molecule has 3 N–H and O–H groups in total. The van der Waals surface area contributed by atoms with Crippen LogP contribution in [0.4, 0.5) is 5.69 Å². The Morgan fingerprint density at radius 3 is 2.95 bits per heavy atom. The van der Waals surface area contributed by atoms with Gasteiger partial charge in [0.25, 0.3) is 0 Å². The molecule has 4 heteroatoms. The second-order valence-corrected chi connectivity index (χ2v) is 5.22. The van der Waals surface area contributed by atoms with Crippen LogP contribution < -0.4 is 15.8 Å². The lowest BCUT2D eigenvalue weighted by Gasteiger charge is -2.31. The van der Waals surface area contributed by atoms with E-state index in [1.165, 1.54) is 19.3 Å². The Balaban J connectivity index is 1.66. The average Bonchev–Trinajstić information content (AvgIpc) is 2.26. The normalized spacial score (nSPS) is 16.5. The Bertz CT molecular complexity index is 430. The maximum Gasteiger partial charge on any atom is 0.223 e. The molecular formula is C15H22N2O2. The Kier molecular flexibility index (Phi) is 4.66. The van der Waals surface area contributed by atoms with Crippen LogP contribution in [0.3, 0.4) is 0 Å². The third-order valence-electron chi connectivity index (χ3n) is 3.70. The zero-order chi connectivity index (χ0) is 13.7. The molecule has 1 aliphatic carbocycles. The van der Waals surface area contributed by atoms with E-state index in [4.69, 9.17) is 10.5 Å². The van der Waals surface area contributed by atoms with E-state index in [9.17, 15) is 4.79 Å². The number of amides is 1. The number of nitrogens with one attached hydrogen (secondary N) is 1. The molecule has 1 aromatic carbocycles. The van der Waals surface area contributed by atoms with Crippen molar-refractivity contribution in [1.82, 2.24) is 5.32 Å². The maximum absolute atomic E-state index is 11.7. The van der Waals surface area contributed by atoms with Gasteiger partial charge >= 0.3 is 0 Å². The van der Waals surface area contributed by atoms with Crippen LogP contribution >= 0.6 is 0 Å². The Morgan fingerprint density at radius 1 is 1.53 bits per heavy atom. The predicted octanol–water partition coefficient (Wildman–Crippen LogP) is 2.34. The third-order valence-corrected chi connectivity index (χ3v) is 3.70. The molecule has 1 aromatic rings. The van der Waals surface area contributed by atoms with Gasteiger partial charge in [-0.05, 0) is 37.8 Å². The fraction of sp³-hybridized carbons (Fsp3) is 0.533. The minimum Gasteiger partial charge on any atom is -0.493 e. The van der Waals surface area contributed by atoms with Crippen molar-refractivity contribution >= 4 is 11.6 Å². The first-order valence-corrected chi connectivity index (χ1v) is 6.93. The van der Waals surface area contributed by atoms with Gasteiger partial charge in [0.15, 0.2) is 0 Å². The molecule has 1 saturated carbocycles. The molecule has 1 atom stereocenters. The van der Waals surface area contributed by atoms with Gasteiger partial charge < -0.3 is 15.8 Å². The van der Waals surface area contributed by atoms with Crippen LogP contribution in [0.5, 0.6) is 5.75 Å². The van der Waals surface area contributed by atoms with Gasteiger partial charge in [0.05, 0.1) is 13.0 Å². The lowest BCUT2D eigenvalue weighted by atomic mass is 9.80. The number of nitrogen functional groups attached to an aromatic ring is 1. The van der Waals surface area contributed by atoms with E-state index in [1.54, 1.807) is 12.1 Å². The molecule has 1 fully saturated rings. The summed E-state index contributed by atoms with van der Waals surface area (Å²) in [6.07, 6.45) is 4.15. The maximum atomic E-state index is 11.7. The summed E-state index contributed by atoms with van der Waals surface area (Å²) in [5, 5.41) is 3.04. The predicted molar refractivity (Wildman–Crippen MR) is 75.9 cm³/mol.